The smallest absolute Gasteiger partial charge is 0.229 e. The second-order valence-corrected chi connectivity index (χ2v) is 11.7. The van der Waals surface area contributed by atoms with Crippen LogP contribution in [-0.2, 0) is 11.3 Å². The molecule has 2 N–H and O–H groups in total. The van der Waals surface area contributed by atoms with Gasteiger partial charge < -0.3 is 24.8 Å². The van der Waals surface area contributed by atoms with Crippen molar-refractivity contribution in [3.8, 4) is 5.75 Å². The van der Waals surface area contributed by atoms with Crippen LogP contribution in [0.5, 0.6) is 5.75 Å². The minimum absolute atomic E-state index is 0.0864. The van der Waals surface area contributed by atoms with Crippen LogP contribution >= 0.6 is 12.2 Å². The molecule has 0 bridgehead atoms. The molecule has 0 aliphatic carbocycles. The van der Waals surface area contributed by atoms with E-state index in [-0.39, 0.29) is 18.0 Å². The Hall–Kier alpha value is -4.24. The molecule has 1 aromatic carbocycles. The van der Waals surface area contributed by atoms with Crippen molar-refractivity contribution in [3.05, 3.63) is 101 Å². The van der Waals surface area contributed by atoms with Crippen molar-refractivity contribution >= 4 is 34.6 Å². The van der Waals surface area contributed by atoms with Gasteiger partial charge in [0.1, 0.15) is 5.75 Å². The van der Waals surface area contributed by atoms with Gasteiger partial charge in [0.05, 0.1) is 30.6 Å². The SMILES string of the molecule is COc1cc(N2C(=S)N[C@H](c3ccccn3)[C@H]2c2cc(C)n(Cc3ccncc3)c2C)ccc1NC(=O)C(C)(C)C. The number of ether oxygens (including phenoxy) is 1. The van der Waals surface area contributed by atoms with Gasteiger partial charge in [-0.3, -0.25) is 14.8 Å². The Balaban J connectivity index is 1.59. The van der Waals surface area contributed by atoms with Crippen LogP contribution in [0.15, 0.2) is 73.2 Å². The second kappa shape index (κ2) is 11.3. The first kappa shape index (κ1) is 28.3. The summed E-state index contributed by atoms with van der Waals surface area (Å²) < 4.78 is 8.06. The monoisotopic (exact) mass is 568 g/mol. The number of anilines is 2. The number of hydrogen-bond acceptors (Lipinski definition) is 5. The molecule has 9 heteroatoms. The quantitative estimate of drug-likeness (QED) is 0.260. The van der Waals surface area contributed by atoms with Crippen molar-refractivity contribution in [1.29, 1.82) is 0 Å². The maximum absolute atomic E-state index is 12.7. The molecule has 1 amide bonds. The number of aryl methyl sites for hydroxylation is 1. The summed E-state index contributed by atoms with van der Waals surface area (Å²) in [6.45, 7) is 10.7. The standard InChI is InChI=1S/C32H36N6O2S/c1-20-17-24(21(2)37(20)19-22-12-15-33-16-13-22)29-28(26-9-7-8-14-34-26)36-31(41)38(29)23-10-11-25(27(18-23)40-6)35-30(39)32(3,4)5/h7-18,28-29H,19H2,1-6H3,(H,35,39)(H,36,41)/t28-,29-/m1/s1. The van der Waals surface area contributed by atoms with Gasteiger partial charge in [-0.15, -0.1) is 0 Å². The van der Waals surface area contributed by atoms with Gasteiger partial charge in [-0.25, -0.2) is 0 Å². The topological polar surface area (TPSA) is 84.3 Å². The molecule has 3 aromatic heterocycles. The Labute approximate surface area is 246 Å². The molecule has 5 rings (SSSR count). The first-order valence-electron chi connectivity index (χ1n) is 13.6. The summed E-state index contributed by atoms with van der Waals surface area (Å²) in [5, 5.41) is 7.14. The molecule has 0 spiro atoms. The number of methoxy groups -OCH3 is 1. The van der Waals surface area contributed by atoms with Crippen LogP contribution in [0.3, 0.4) is 0 Å². The van der Waals surface area contributed by atoms with Crippen LogP contribution < -0.4 is 20.3 Å². The molecular formula is C32H36N6O2S. The molecule has 0 radical (unpaired) electrons. The first-order valence-corrected chi connectivity index (χ1v) is 14.0. The summed E-state index contributed by atoms with van der Waals surface area (Å²) >= 11 is 5.96. The average Bonchev–Trinajstić information content (AvgIpc) is 3.44. The van der Waals surface area contributed by atoms with Crippen molar-refractivity contribution < 1.29 is 9.53 Å². The van der Waals surface area contributed by atoms with E-state index in [1.54, 1.807) is 7.11 Å². The fourth-order valence-electron chi connectivity index (χ4n) is 5.23. The predicted octanol–water partition coefficient (Wildman–Crippen LogP) is 6.11. The summed E-state index contributed by atoms with van der Waals surface area (Å²) in [5.74, 6) is 0.475. The lowest BCUT2D eigenvalue weighted by Crippen LogP contribution is -2.30. The summed E-state index contributed by atoms with van der Waals surface area (Å²) in [6, 6.07) is 17.7. The van der Waals surface area contributed by atoms with E-state index in [0.29, 0.717) is 16.5 Å². The highest BCUT2D eigenvalue weighted by Crippen LogP contribution is 2.45. The van der Waals surface area contributed by atoms with E-state index < -0.39 is 5.41 Å². The van der Waals surface area contributed by atoms with E-state index in [9.17, 15) is 4.79 Å². The van der Waals surface area contributed by atoms with Crippen molar-refractivity contribution in [2.24, 2.45) is 5.41 Å². The number of pyridine rings is 2. The first-order chi connectivity index (χ1) is 19.6. The van der Waals surface area contributed by atoms with Gasteiger partial charge in [-0.2, -0.15) is 0 Å². The number of thiocarbonyl (C=S) groups is 1. The zero-order valence-electron chi connectivity index (χ0n) is 24.3. The number of benzene rings is 1. The number of hydrogen-bond donors (Lipinski definition) is 2. The number of rotatable bonds is 7. The van der Waals surface area contributed by atoms with E-state index >= 15 is 0 Å². The van der Waals surface area contributed by atoms with Gasteiger partial charge in [0.2, 0.25) is 5.91 Å². The van der Waals surface area contributed by atoms with Crippen LogP contribution in [0.1, 0.15) is 61.1 Å². The molecule has 0 saturated carbocycles. The molecule has 0 unspecified atom stereocenters. The molecule has 8 nitrogen and oxygen atoms in total. The maximum atomic E-state index is 12.7. The minimum atomic E-state index is -0.538. The molecule has 4 aromatic rings. The summed E-state index contributed by atoms with van der Waals surface area (Å²) in [7, 11) is 1.60. The Kier molecular flexibility index (Phi) is 7.82. The highest BCUT2D eigenvalue weighted by atomic mass is 32.1. The van der Waals surface area contributed by atoms with Crippen molar-refractivity contribution in [3.63, 3.8) is 0 Å². The third-order valence-electron chi connectivity index (χ3n) is 7.51. The lowest BCUT2D eigenvalue weighted by atomic mass is 9.95. The molecular weight excluding hydrogens is 532 g/mol. The number of nitrogens with one attached hydrogen (secondary N) is 2. The van der Waals surface area contributed by atoms with E-state index in [4.69, 9.17) is 21.9 Å². The van der Waals surface area contributed by atoms with E-state index in [1.165, 1.54) is 5.56 Å². The third kappa shape index (κ3) is 5.67. The van der Waals surface area contributed by atoms with Gasteiger partial charge in [0, 0.05) is 53.7 Å². The van der Waals surface area contributed by atoms with Crippen LogP contribution in [0, 0.1) is 19.3 Å². The number of carbonyl (C=O) groups excluding carboxylic acids is 1. The highest BCUT2D eigenvalue weighted by molar-refractivity contribution is 7.80. The number of amides is 1. The Morgan fingerprint density at radius 2 is 1.83 bits per heavy atom. The molecule has 1 aliphatic rings. The average molecular weight is 569 g/mol. The van der Waals surface area contributed by atoms with E-state index in [2.05, 4.69) is 45.0 Å². The highest BCUT2D eigenvalue weighted by Gasteiger charge is 2.42. The van der Waals surface area contributed by atoms with Gasteiger partial charge >= 0.3 is 0 Å². The number of aromatic nitrogens is 3. The Morgan fingerprint density at radius 3 is 2.49 bits per heavy atom. The van der Waals surface area contributed by atoms with E-state index in [0.717, 1.165) is 34.9 Å². The van der Waals surface area contributed by atoms with Crippen LogP contribution in [-0.4, -0.2) is 32.7 Å². The molecule has 1 aliphatic heterocycles. The second-order valence-electron chi connectivity index (χ2n) is 11.4. The lowest BCUT2D eigenvalue weighted by Gasteiger charge is -2.29. The van der Waals surface area contributed by atoms with Crippen molar-refractivity contribution in [2.45, 2.75) is 53.2 Å². The van der Waals surface area contributed by atoms with E-state index in [1.807, 2.05) is 87.9 Å². The van der Waals surface area contributed by atoms with Gasteiger partial charge in [0.15, 0.2) is 5.11 Å². The third-order valence-corrected chi connectivity index (χ3v) is 7.83. The zero-order valence-corrected chi connectivity index (χ0v) is 25.1. The van der Waals surface area contributed by atoms with Crippen molar-refractivity contribution in [2.75, 3.05) is 17.3 Å². The number of nitrogens with zero attached hydrogens (tertiary/aromatic N) is 4. The molecule has 1 saturated heterocycles. The largest absolute Gasteiger partial charge is 0.494 e. The Bertz CT molecular complexity index is 1560. The molecule has 41 heavy (non-hydrogen) atoms. The number of carbonyl (C=O) groups is 1. The van der Waals surface area contributed by atoms with Gasteiger partial charge in [0.25, 0.3) is 0 Å². The summed E-state index contributed by atoms with van der Waals surface area (Å²) in [4.78, 5) is 23.7. The van der Waals surface area contributed by atoms with Crippen LogP contribution in [0.2, 0.25) is 0 Å². The lowest BCUT2D eigenvalue weighted by molar-refractivity contribution is -0.123. The van der Waals surface area contributed by atoms with Crippen LogP contribution in [0.25, 0.3) is 0 Å². The van der Waals surface area contributed by atoms with Gasteiger partial charge in [-0.05, 0) is 79.7 Å². The maximum Gasteiger partial charge on any atom is 0.229 e. The molecule has 4 heterocycles. The normalized spacial score (nSPS) is 16.9. The minimum Gasteiger partial charge on any atom is -0.494 e. The molecule has 1 fully saturated rings. The predicted molar refractivity (Wildman–Crippen MR) is 166 cm³/mol. The zero-order chi connectivity index (χ0) is 29.3. The van der Waals surface area contributed by atoms with Crippen molar-refractivity contribution in [1.82, 2.24) is 19.9 Å². The summed E-state index contributed by atoms with van der Waals surface area (Å²) in [5.41, 5.74) is 6.49. The molecule has 212 valence electrons. The fourth-order valence-corrected chi connectivity index (χ4v) is 5.58. The Morgan fingerprint density at radius 1 is 1.07 bits per heavy atom. The van der Waals surface area contributed by atoms with Crippen LogP contribution in [0.4, 0.5) is 11.4 Å². The van der Waals surface area contributed by atoms with Gasteiger partial charge in [-0.1, -0.05) is 26.8 Å². The molecule has 2 atom stereocenters. The fraction of sp³-hybridized carbons (Fsp3) is 0.312. The summed E-state index contributed by atoms with van der Waals surface area (Å²) in [6.07, 6.45) is 5.45.